The molecule has 0 saturated heterocycles. The van der Waals surface area contributed by atoms with E-state index in [1.807, 2.05) is 0 Å². The van der Waals surface area contributed by atoms with E-state index in [9.17, 15) is 4.79 Å². The maximum absolute atomic E-state index is 10.7. The fourth-order valence-electron chi connectivity index (χ4n) is 0.770. The Balaban J connectivity index is 2.97. The number of carboxylic acids is 1. The van der Waals surface area contributed by atoms with Crippen LogP contribution in [-0.2, 0) is 0 Å². The Bertz CT molecular complexity index is 384. The van der Waals surface area contributed by atoms with Gasteiger partial charge in [0.1, 0.15) is 5.56 Å². The number of nitrogens with zero attached hydrogens (tertiary/aromatic N) is 2. The minimum absolute atomic E-state index is 0.0536. The summed E-state index contributed by atoms with van der Waals surface area (Å²) in [6.07, 6.45) is 5.81. The van der Waals surface area contributed by atoms with E-state index in [-0.39, 0.29) is 11.4 Å². The van der Waals surface area contributed by atoms with Gasteiger partial charge >= 0.3 is 5.97 Å². The lowest BCUT2D eigenvalue weighted by Crippen LogP contribution is -2.13. The Morgan fingerprint density at radius 2 is 2.50 bits per heavy atom. The van der Waals surface area contributed by atoms with Gasteiger partial charge in [0, 0.05) is 0 Å². The minimum atomic E-state index is -1.13. The van der Waals surface area contributed by atoms with Crippen molar-refractivity contribution in [1.82, 2.24) is 10.2 Å². The first-order valence-electron chi connectivity index (χ1n) is 3.83. The second-order valence-electron chi connectivity index (χ2n) is 2.48. The summed E-state index contributed by atoms with van der Waals surface area (Å²) in [5.41, 5.74) is -0.0536. The molecule has 5 heteroatoms. The van der Waals surface area contributed by atoms with E-state index in [0.717, 1.165) is 0 Å². The van der Waals surface area contributed by atoms with Gasteiger partial charge in [0.25, 0.3) is 0 Å². The number of aromatic nitrogens is 2. The number of ether oxygens (including phenoxy) is 1. The highest BCUT2D eigenvalue weighted by atomic mass is 16.5. The van der Waals surface area contributed by atoms with Crippen molar-refractivity contribution >= 4 is 5.97 Å². The zero-order chi connectivity index (χ0) is 10.6. The number of rotatable bonds is 3. The number of aromatic carboxylic acids is 1. The molecule has 72 valence electrons. The third kappa shape index (κ3) is 2.20. The van der Waals surface area contributed by atoms with E-state index in [4.69, 9.17) is 16.3 Å². The quantitative estimate of drug-likeness (QED) is 0.709. The van der Waals surface area contributed by atoms with Crippen LogP contribution in [-0.4, -0.2) is 27.4 Å². The van der Waals surface area contributed by atoms with Gasteiger partial charge in [-0.15, -0.1) is 11.5 Å². The molecule has 0 aliphatic carbocycles. The normalized spacial score (nSPS) is 11.4. The molecule has 0 saturated carbocycles. The van der Waals surface area contributed by atoms with Crippen LogP contribution in [0.15, 0.2) is 12.3 Å². The van der Waals surface area contributed by atoms with Crippen molar-refractivity contribution in [2.75, 3.05) is 0 Å². The number of hydrogen-bond acceptors (Lipinski definition) is 4. The lowest BCUT2D eigenvalue weighted by Gasteiger charge is -2.08. The van der Waals surface area contributed by atoms with Gasteiger partial charge < -0.3 is 9.84 Å². The Morgan fingerprint density at radius 3 is 3.07 bits per heavy atom. The number of hydrogen-bond donors (Lipinski definition) is 1. The predicted molar refractivity (Wildman–Crippen MR) is 47.9 cm³/mol. The molecule has 1 unspecified atom stereocenters. The Morgan fingerprint density at radius 1 is 1.79 bits per heavy atom. The van der Waals surface area contributed by atoms with Crippen molar-refractivity contribution in [3.8, 4) is 18.2 Å². The predicted octanol–water partition coefficient (Wildman–Crippen LogP) is 0.575. The van der Waals surface area contributed by atoms with Crippen molar-refractivity contribution < 1.29 is 14.6 Å². The minimum Gasteiger partial charge on any atom is -0.477 e. The molecule has 1 atom stereocenters. The van der Waals surface area contributed by atoms with Crippen LogP contribution in [0.2, 0.25) is 0 Å². The number of carbonyl (C=O) groups is 1. The molecule has 0 aromatic carbocycles. The summed E-state index contributed by atoms with van der Waals surface area (Å²) in [4.78, 5) is 10.7. The van der Waals surface area contributed by atoms with Crippen LogP contribution in [0.3, 0.4) is 0 Å². The van der Waals surface area contributed by atoms with Crippen molar-refractivity contribution in [2.24, 2.45) is 0 Å². The fraction of sp³-hybridized carbons (Fsp3) is 0.222. The molecule has 1 aromatic heterocycles. The highest BCUT2D eigenvalue weighted by Crippen LogP contribution is 2.14. The maximum Gasteiger partial charge on any atom is 0.341 e. The van der Waals surface area contributed by atoms with Gasteiger partial charge in [0.15, 0.2) is 6.10 Å². The molecule has 1 rings (SSSR count). The monoisotopic (exact) mass is 192 g/mol. The van der Waals surface area contributed by atoms with Gasteiger partial charge in [-0.1, -0.05) is 5.92 Å². The van der Waals surface area contributed by atoms with Crippen molar-refractivity contribution in [1.29, 1.82) is 0 Å². The van der Waals surface area contributed by atoms with Gasteiger partial charge in [-0.2, -0.15) is 5.10 Å². The summed E-state index contributed by atoms with van der Waals surface area (Å²) >= 11 is 0. The van der Waals surface area contributed by atoms with E-state index in [0.29, 0.717) is 0 Å². The van der Waals surface area contributed by atoms with E-state index in [2.05, 4.69) is 16.1 Å². The summed E-state index contributed by atoms with van der Waals surface area (Å²) in [6.45, 7) is 1.61. The van der Waals surface area contributed by atoms with Gasteiger partial charge in [0.2, 0.25) is 5.88 Å². The van der Waals surface area contributed by atoms with Crippen LogP contribution in [0.5, 0.6) is 5.88 Å². The highest BCUT2D eigenvalue weighted by molar-refractivity contribution is 5.89. The third-order valence-electron chi connectivity index (χ3n) is 1.44. The maximum atomic E-state index is 10.7. The van der Waals surface area contributed by atoms with Gasteiger partial charge in [0.05, 0.1) is 6.20 Å². The average molecular weight is 192 g/mol. The summed E-state index contributed by atoms with van der Waals surface area (Å²) in [5.74, 6) is 1.11. The molecule has 0 aliphatic rings. The average Bonchev–Trinajstić information content (AvgIpc) is 2.18. The fourth-order valence-corrected chi connectivity index (χ4v) is 0.770. The molecule has 1 heterocycles. The summed E-state index contributed by atoms with van der Waals surface area (Å²) in [6, 6.07) is 1.30. The molecule has 0 radical (unpaired) electrons. The number of terminal acetylenes is 1. The second-order valence-corrected chi connectivity index (χ2v) is 2.48. The first-order chi connectivity index (χ1) is 6.65. The number of carboxylic acid groups (broad SMARTS) is 1. The van der Waals surface area contributed by atoms with Crippen molar-refractivity contribution in [3.05, 3.63) is 17.8 Å². The molecule has 14 heavy (non-hydrogen) atoms. The molecule has 0 bridgehead atoms. The lowest BCUT2D eigenvalue weighted by atomic mass is 10.3. The summed E-state index contributed by atoms with van der Waals surface area (Å²) in [7, 11) is 0. The SMILES string of the molecule is C#CC(C)Oc1nnccc1C(=O)O. The molecule has 5 nitrogen and oxygen atoms in total. The molecule has 0 aliphatic heterocycles. The Labute approximate surface area is 80.7 Å². The second kappa shape index (κ2) is 4.23. The van der Waals surface area contributed by atoms with Gasteiger partial charge in [-0.3, -0.25) is 0 Å². The van der Waals surface area contributed by atoms with Crippen molar-refractivity contribution in [3.63, 3.8) is 0 Å². The molecule has 1 aromatic rings. The summed E-state index contributed by atoms with van der Waals surface area (Å²) < 4.78 is 5.07. The third-order valence-corrected chi connectivity index (χ3v) is 1.44. The van der Waals surface area contributed by atoms with Crippen LogP contribution in [0.1, 0.15) is 17.3 Å². The molecule has 0 amide bonds. The first kappa shape index (κ1) is 9.99. The van der Waals surface area contributed by atoms with Crippen LogP contribution in [0, 0.1) is 12.3 Å². The first-order valence-corrected chi connectivity index (χ1v) is 3.83. The molecule has 1 N–H and O–H groups in total. The van der Waals surface area contributed by atoms with Gasteiger partial charge in [-0.05, 0) is 13.0 Å². The summed E-state index contributed by atoms with van der Waals surface area (Å²) in [5, 5.41) is 15.8. The van der Waals surface area contributed by atoms with E-state index >= 15 is 0 Å². The molecular weight excluding hydrogens is 184 g/mol. The van der Waals surface area contributed by atoms with Crippen LogP contribution < -0.4 is 4.74 Å². The molecule has 0 fully saturated rings. The zero-order valence-electron chi connectivity index (χ0n) is 7.47. The van der Waals surface area contributed by atoms with Crippen molar-refractivity contribution in [2.45, 2.75) is 13.0 Å². The van der Waals surface area contributed by atoms with Crippen LogP contribution in [0.25, 0.3) is 0 Å². The molecular formula is C9H8N2O3. The van der Waals surface area contributed by atoms with Gasteiger partial charge in [-0.25, -0.2) is 4.79 Å². The Kier molecular flexibility index (Phi) is 3.02. The van der Waals surface area contributed by atoms with Crippen LogP contribution in [0.4, 0.5) is 0 Å². The van der Waals surface area contributed by atoms with E-state index < -0.39 is 12.1 Å². The van der Waals surface area contributed by atoms with E-state index in [1.165, 1.54) is 12.3 Å². The lowest BCUT2D eigenvalue weighted by molar-refractivity contribution is 0.0689. The largest absolute Gasteiger partial charge is 0.477 e. The topological polar surface area (TPSA) is 72.3 Å². The standard InChI is InChI=1S/C9H8N2O3/c1-3-6(2)14-8-7(9(12)13)4-5-10-11-8/h1,4-6H,2H3,(H,12,13). The highest BCUT2D eigenvalue weighted by Gasteiger charge is 2.14. The Hall–Kier alpha value is -2.09. The van der Waals surface area contributed by atoms with Crippen LogP contribution >= 0.6 is 0 Å². The zero-order valence-corrected chi connectivity index (χ0v) is 7.47. The molecule has 0 spiro atoms. The van der Waals surface area contributed by atoms with E-state index in [1.54, 1.807) is 6.92 Å². The smallest absolute Gasteiger partial charge is 0.341 e.